The topological polar surface area (TPSA) is 37.8 Å². The van der Waals surface area contributed by atoms with Crippen molar-refractivity contribution < 1.29 is 0 Å². The van der Waals surface area contributed by atoms with Gasteiger partial charge in [0.05, 0.1) is 0 Å². The van der Waals surface area contributed by atoms with E-state index in [1.807, 2.05) is 0 Å². The lowest BCUT2D eigenvalue weighted by molar-refractivity contribution is 0.379. The summed E-state index contributed by atoms with van der Waals surface area (Å²) >= 11 is 5.81. The van der Waals surface area contributed by atoms with Crippen LogP contribution in [0.2, 0.25) is 0 Å². The number of nitrogens with zero attached hydrogens (tertiary/aromatic N) is 2. The molecule has 1 heterocycles. The van der Waals surface area contributed by atoms with Gasteiger partial charge in [-0.2, -0.15) is 0 Å². The summed E-state index contributed by atoms with van der Waals surface area (Å²) in [4.78, 5) is 8.69. The highest BCUT2D eigenvalue weighted by atomic mass is 35.5. The first-order valence-electron chi connectivity index (χ1n) is 6.25. The smallest absolute Gasteiger partial charge is 0.132 e. The van der Waals surface area contributed by atoms with E-state index in [2.05, 4.69) is 29.1 Å². The highest BCUT2D eigenvalue weighted by Gasteiger charge is 2.20. The summed E-state index contributed by atoms with van der Waals surface area (Å²) in [6.07, 6.45) is 6.08. The molecule has 1 aliphatic carbocycles. The Morgan fingerprint density at radius 1 is 1.35 bits per heavy atom. The number of rotatable bonds is 5. The Morgan fingerprint density at radius 2 is 2.18 bits per heavy atom. The molecule has 0 bridgehead atoms. The fraction of sp³-hybridized carbons (Fsp3) is 0.692. The number of hydrogen-bond donors (Lipinski definition) is 1. The van der Waals surface area contributed by atoms with Crippen molar-refractivity contribution >= 4 is 17.4 Å². The zero-order chi connectivity index (χ0) is 12.3. The number of anilines is 1. The SMILES string of the molecule is CC(C)(CCCl)CNc1ncnc2c1CCC2. The highest BCUT2D eigenvalue weighted by Crippen LogP contribution is 2.27. The van der Waals surface area contributed by atoms with Crippen molar-refractivity contribution in [3.63, 3.8) is 0 Å². The number of fused-ring (bicyclic) bond motifs is 1. The van der Waals surface area contributed by atoms with Crippen LogP contribution in [0.5, 0.6) is 0 Å². The molecule has 0 saturated heterocycles. The molecular formula is C13H20ClN3. The van der Waals surface area contributed by atoms with Crippen LogP contribution in [0.3, 0.4) is 0 Å². The first-order valence-corrected chi connectivity index (χ1v) is 6.78. The van der Waals surface area contributed by atoms with Gasteiger partial charge in [-0.1, -0.05) is 13.8 Å². The van der Waals surface area contributed by atoms with Gasteiger partial charge in [-0.05, 0) is 31.1 Å². The molecule has 1 N–H and O–H groups in total. The van der Waals surface area contributed by atoms with Gasteiger partial charge in [0.15, 0.2) is 0 Å². The molecule has 0 saturated carbocycles. The largest absolute Gasteiger partial charge is 0.369 e. The van der Waals surface area contributed by atoms with E-state index >= 15 is 0 Å². The third kappa shape index (κ3) is 3.09. The maximum Gasteiger partial charge on any atom is 0.132 e. The van der Waals surface area contributed by atoms with Crippen molar-refractivity contribution in [2.45, 2.75) is 39.5 Å². The zero-order valence-corrected chi connectivity index (χ0v) is 11.3. The summed E-state index contributed by atoms with van der Waals surface area (Å²) in [6.45, 7) is 5.36. The molecule has 0 amide bonds. The summed E-state index contributed by atoms with van der Waals surface area (Å²) in [5.41, 5.74) is 2.74. The van der Waals surface area contributed by atoms with Crippen LogP contribution in [0.1, 0.15) is 37.9 Å². The molecule has 3 nitrogen and oxygen atoms in total. The lowest BCUT2D eigenvalue weighted by Gasteiger charge is -2.24. The number of aromatic nitrogens is 2. The molecule has 0 aromatic carbocycles. The first-order chi connectivity index (χ1) is 8.12. The Bertz CT molecular complexity index is 390. The van der Waals surface area contributed by atoms with Crippen molar-refractivity contribution in [1.29, 1.82) is 0 Å². The van der Waals surface area contributed by atoms with Crippen molar-refractivity contribution in [2.75, 3.05) is 17.7 Å². The second kappa shape index (κ2) is 5.21. The van der Waals surface area contributed by atoms with Gasteiger partial charge < -0.3 is 5.32 Å². The number of hydrogen-bond acceptors (Lipinski definition) is 3. The second-order valence-electron chi connectivity index (χ2n) is 5.46. The van der Waals surface area contributed by atoms with E-state index < -0.39 is 0 Å². The molecule has 2 rings (SSSR count). The molecule has 17 heavy (non-hydrogen) atoms. The molecule has 0 aliphatic heterocycles. The summed E-state index contributed by atoms with van der Waals surface area (Å²) < 4.78 is 0. The predicted molar refractivity (Wildman–Crippen MR) is 71.7 cm³/mol. The molecule has 0 fully saturated rings. The van der Waals surface area contributed by atoms with Crippen LogP contribution >= 0.6 is 11.6 Å². The molecule has 0 radical (unpaired) electrons. The van der Waals surface area contributed by atoms with E-state index in [1.165, 1.54) is 17.7 Å². The minimum Gasteiger partial charge on any atom is -0.369 e. The Hall–Kier alpha value is -0.830. The third-order valence-electron chi connectivity index (χ3n) is 3.38. The quantitative estimate of drug-likeness (QED) is 0.820. The van der Waals surface area contributed by atoms with Crippen LogP contribution in [0.15, 0.2) is 6.33 Å². The molecule has 0 spiro atoms. The monoisotopic (exact) mass is 253 g/mol. The van der Waals surface area contributed by atoms with Gasteiger partial charge in [-0.25, -0.2) is 9.97 Å². The number of alkyl halides is 1. The molecule has 94 valence electrons. The zero-order valence-electron chi connectivity index (χ0n) is 10.6. The fourth-order valence-electron chi connectivity index (χ4n) is 2.18. The van der Waals surface area contributed by atoms with E-state index in [1.54, 1.807) is 6.33 Å². The summed E-state index contributed by atoms with van der Waals surface area (Å²) in [7, 11) is 0. The lowest BCUT2D eigenvalue weighted by Crippen LogP contribution is -2.24. The van der Waals surface area contributed by atoms with Gasteiger partial charge in [0.2, 0.25) is 0 Å². The first kappa shape index (κ1) is 12.6. The second-order valence-corrected chi connectivity index (χ2v) is 5.84. The molecular weight excluding hydrogens is 234 g/mol. The van der Waals surface area contributed by atoms with Gasteiger partial charge in [0.1, 0.15) is 12.1 Å². The van der Waals surface area contributed by atoms with Crippen molar-refractivity contribution in [2.24, 2.45) is 5.41 Å². The molecule has 1 aliphatic rings. The summed E-state index contributed by atoms with van der Waals surface area (Å²) in [5.74, 6) is 1.73. The lowest BCUT2D eigenvalue weighted by atomic mass is 9.90. The maximum absolute atomic E-state index is 5.81. The highest BCUT2D eigenvalue weighted by molar-refractivity contribution is 6.17. The van der Waals surface area contributed by atoms with Gasteiger partial charge in [-0.15, -0.1) is 11.6 Å². The minimum absolute atomic E-state index is 0.207. The minimum atomic E-state index is 0.207. The van der Waals surface area contributed by atoms with Crippen LogP contribution in [0, 0.1) is 5.41 Å². The maximum atomic E-state index is 5.81. The Labute approximate surface area is 108 Å². The van der Waals surface area contributed by atoms with Crippen molar-refractivity contribution in [1.82, 2.24) is 9.97 Å². The average molecular weight is 254 g/mol. The standard InChI is InChI=1S/C13H20ClN3/c1-13(2,6-7-14)8-15-12-10-4-3-5-11(10)16-9-17-12/h9H,3-8H2,1-2H3,(H,15,16,17). The van der Waals surface area contributed by atoms with Crippen LogP contribution < -0.4 is 5.32 Å². The molecule has 4 heteroatoms. The van der Waals surface area contributed by atoms with E-state index in [0.717, 1.165) is 31.6 Å². The van der Waals surface area contributed by atoms with E-state index in [-0.39, 0.29) is 5.41 Å². The number of aryl methyl sites for hydroxylation is 1. The summed E-state index contributed by atoms with van der Waals surface area (Å²) in [5, 5.41) is 3.46. The number of halogens is 1. The van der Waals surface area contributed by atoms with E-state index in [9.17, 15) is 0 Å². The van der Waals surface area contributed by atoms with Crippen LogP contribution in [-0.4, -0.2) is 22.4 Å². The van der Waals surface area contributed by atoms with Gasteiger partial charge in [0.25, 0.3) is 0 Å². The van der Waals surface area contributed by atoms with Crippen molar-refractivity contribution in [3.05, 3.63) is 17.6 Å². The molecule has 1 aromatic rings. The van der Waals surface area contributed by atoms with E-state index in [0.29, 0.717) is 5.88 Å². The Balaban J connectivity index is 2.02. The molecule has 0 unspecified atom stereocenters. The normalized spacial score (nSPS) is 14.8. The molecule has 1 aromatic heterocycles. The van der Waals surface area contributed by atoms with E-state index in [4.69, 9.17) is 11.6 Å². The average Bonchev–Trinajstić information content (AvgIpc) is 2.74. The Morgan fingerprint density at radius 3 is 2.94 bits per heavy atom. The van der Waals surface area contributed by atoms with Crippen LogP contribution in [-0.2, 0) is 12.8 Å². The van der Waals surface area contributed by atoms with Crippen molar-refractivity contribution in [3.8, 4) is 0 Å². The number of nitrogens with one attached hydrogen (secondary N) is 1. The Kier molecular flexibility index (Phi) is 3.87. The summed E-state index contributed by atoms with van der Waals surface area (Å²) in [6, 6.07) is 0. The van der Waals surface area contributed by atoms with Gasteiger partial charge in [-0.3, -0.25) is 0 Å². The molecule has 0 atom stereocenters. The predicted octanol–water partition coefficient (Wildman–Crippen LogP) is 3.03. The van der Waals surface area contributed by atoms with Gasteiger partial charge >= 0.3 is 0 Å². The third-order valence-corrected chi connectivity index (χ3v) is 3.57. The van der Waals surface area contributed by atoms with Crippen LogP contribution in [0.25, 0.3) is 0 Å². The fourth-order valence-corrected chi connectivity index (χ4v) is 2.69. The van der Waals surface area contributed by atoms with Crippen LogP contribution in [0.4, 0.5) is 5.82 Å². The van der Waals surface area contributed by atoms with Gasteiger partial charge in [0, 0.05) is 23.7 Å².